The molecule has 0 heterocycles. The lowest BCUT2D eigenvalue weighted by molar-refractivity contribution is -0.00000698. The van der Waals surface area contributed by atoms with E-state index in [0.29, 0.717) is 0 Å². The Labute approximate surface area is 161 Å². The van der Waals surface area contributed by atoms with Crippen LogP contribution in [0.15, 0.2) is 91.0 Å². The van der Waals surface area contributed by atoms with Gasteiger partial charge in [0.05, 0.1) is 12.3 Å². The van der Waals surface area contributed by atoms with Crippen LogP contribution in [0.1, 0.15) is 13.3 Å². The first-order valence-electron chi connectivity index (χ1n) is 8.46. The second-order valence-electron chi connectivity index (χ2n) is 6.18. The van der Waals surface area contributed by atoms with Crippen molar-refractivity contribution >= 4 is 23.2 Å². The summed E-state index contributed by atoms with van der Waals surface area (Å²) >= 11 is 0. The molecular formula is C22H24BrOP. The third kappa shape index (κ3) is 4.39. The van der Waals surface area contributed by atoms with E-state index in [0.717, 1.165) is 12.6 Å². The minimum absolute atomic E-state index is 0. The fraction of sp³-hybridized carbons (Fsp3) is 0.182. The summed E-state index contributed by atoms with van der Waals surface area (Å²) in [5, 5.41) is 14.1. The van der Waals surface area contributed by atoms with Crippen molar-refractivity contribution in [2.24, 2.45) is 0 Å². The fourth-order valence-electron chi connectivity index (χ4n) is 3.26. The Morgan fingerprint density at radius 3 is 1.28 bits per heavy atom. The van der Waals surface area contributed by atoms with E-state index in [-0.39, 0.29) is 23.1 Å². The SMILES string of the molecule is C[C@H](O)CC[P+](c1ccccc1)(c1ccccc1)c1ccccc1.[Br-]. The van der Waals surface area contributed by atoms with E-state index >= 15 is 0 Å². The Morgan fingerprint density at radius 1 is 0.680 bits per heavy atom. The molecule has 1 atom stereocenters. The van der Waals surface area contributed by atoms with E-state index in [1.165, 1.54) is 15.9 Å². The van der Waals surface area contributed by atoms with Gasteiger partial charge in [0, 0.05) is 6.42 Å². The highest BCUT2D eigenvalue weighted by molar-refractivity contribution is 7.95. The van der Waals surface area contributed by atoms with Crippen molar-refractivity contribution in [2.45, 2.75) is 19.4 Å². The van der Waals surface area contributed by atoms with Crippen LogP contribution in [0.25, 0.3) is 0 Å². The molecule has 0 spiro atoms. The third-order valence-electron chi connectivity index (χ3n) is 4.47. The molecule has 0 aliphatic carbocycles. The predicted octanol–water partition coefficient (Wildman–Crippen LogP) is 0.755. The minimum Gasteiger partial charge on any atom is -1.00 e. The molecule has 0 aromatic heterocycles. The summed E-state index contributed by atoms with van der Waals surface area (Å²) in [4.78, 5) is 0. The van der Waals surface area contributed by atoms with Crippen molar-refractivity contribution < 1.29 is 22.1 Å². The molecule has 0 bridgehead atoms. The average molecular weight is 415 g/mol. The van der Waals surface area contributed by atoms with E-state index in [1.807, 2.05) is 6.92 Å². The molecule has 3 aromatic carbocycles. The van der Waals surface area contributed by atoms with Gasteiger partial charge in [-0.05, 0) is 43.3 Å². The smallest absolute Gasteiger partial charge is 0.112 e. The van der Waals surface area contributed by atoms with Gasteiger partial charge in [0.2, 0.25) is 0 Å². The van der Waals surface area contributed by atoms with Crippen LogP contribution in [0.5, 0.6) is 0 Å². The molecule has 0 aliphatic rings. The molecule has 0 fully saturated rings. The van der Waals surface area contributed by atoms with E-state index in [1.54, 1.807) is 0 Å². The Balaban J connectivity index is 0.00000225. The van der Waals surface area contributed by atoms with Crippen molar-refractivity contribution in [3.8, 4) is 0 Å². The maximum absolute atomic E-state index is 9.97. The first kappa shape index (κ1) is 19.8. The fourth-order valence-corrected chi connectivity index (χ4v) is 7.74. The van der Waals surface area contributed by atoms with Gasteiger partial charge in [0.1, 0.15) is 23.2 Å². The van der Waals surface area contributed by atoms with Gasteiger partial charge in [-0.15, -0.1) is 0 Å². The number of aliphatic hydroxyl groups excluding tert-OH is 1. The molecule has 0 saturated heterocycles. The van der Waals surface area contributed by atoms with Crippen LogP contribution in [0.4, 0.5) is 0 Å². The zero-order valence-electron chi connectivity index (χ0n) is 14.4. The maximum atomic E-state index is 9.97. The summed E-state index contributed by atoms with van der Waals surface area (Å²) in [6, 6.07) is 32.4. The summed E-state index contributed by atoms with van der Waals surface area (Å²) in [5.41, 5.74) is 0. The molecule has 0 unspecified atom stereocenters. The van der Waals surface area contributed by atoms with E-state index in [2.05, 4.69) is 91.0 Å². The van der Waals surface area contributed by atoms with Gasteiger partial charge in [-0.1, -0.05) is 54.6 Å². The van der Waals surface area contributed by atoms with E-state index < -0.39 is 7.26 Å². The standard InChI is InChI=1S/C22H24OP.BrH/c1-19(23)17-18-24(20-11-5-2-6-12-20,21-13-7-3-8-14-21)22-15-9-4-10-16-22;/h2-16,19,23H,17-18H2,1H3;1H/q+1;/p-1/t19-;/m0./s1. The van der Waals surface area contributed by atoms with E-state index in [4.69, 9.17) is 0 Å². The summed E-state index contributed by atoms with van der Waals surface area (Å²) in [6.07, 6.45) is 1.48. The van der Waals surface area contributed by atoms with Crippen molar-refractivity contribution in [3.63, 3.8) is 0 Å². The minimum atomic E-state index is -1.77. The first-order chi connectivity index (χ1) is 11.7. The Morgan fingerprint density at radius 2 is 1.00 bits per heavy atom. The molecule has 0 aliphatic heterocycles. The molecular weight excluding hydrogens is 391 g/mol. The molecule has 1 nitrogen and oxygen atoms in total. The van der Waals surface area contributed by atoms with Crippen LogP contribution in [-0.2, 0) is 0 Å². The average Bonchev–Trinajstić information content (AvgIpc) is 2.65. The van der Waals surface area contributed by atoms with E-state index in [9.17, 15) is 5.11 Å². The Kier molecular flexibility index (Phi) is 7.38. The highest BCUT2D eigenvalue weighted by Crippen LogP contribution is 2.55. The molecule has 3 heteroatoms. The first-order valence-corrected chi connectivity index (χ1v) is 10.4. The number of rotatable bonds is 6. The summed E-state index contributed by atoms with van der Waals surface area (Å²) in [7, 11) is -1.77. The zero-order valence-corrected chi connectivity index (χ0v) is 16.9. The van der Waals surface area contributed by atoms with Crippen molar-refractivity contribution in [2.75, 3.05) is 6.16 Å². The lowest BCUT2D eigenvalue weighted by atomic mass is 10.3. The quantitative estimate of drug-likeness (QED) is 0.590. The number of hydrogen-bond donors (Lipinski definition) is 1. The number of aliphatic hydroxyl groups is 1. The van der Waals surface area contributed by atoms with Gasteiger partial charge < -0.3 is 22.1 Å². The van der Waals surface area contributed by atoms with Crippen molar-refractivity contribution in [3.05, 3.63) is 91.0 Å². The molecule has 0 saturated carbocycles. The highest BCUT2D eigenvalue weighted by Gasteiger charge is 2.44. The number of hydrogen-bond acceptors (Lipinski definition) is 1. The van der Waals surface area contributed by atoms with Gasteiger partial charge in [-0.25, -0.2) is 0 Å². The van der Waals surface area contributed by atoms with Gasteiger partial charge in [-0.3, -0.25) is 0 Å². The molecule has 1 N–H and O–H groups in total. The zero-order chi connectivity index (χ0) is 16.8. The van der Waals surface area contributed by atoms with Crippen LogP contribution < -0.4 is 32.9 Å². The van der Waals surface area contributed by atoms with Crippen LogP contribution in [-0.4, -0.2) is 17.4 Å². The lowest BCUT2D eigenvalue weighted by Gasteiger charge is -2.28. The molecule has 3 rings (SSSR count). The van der Waals surface area contributed by atoms with Gasteiger partial charge in [-0.2, -0.15) is 0 Å². The lowest BCUT2D eigenvalue weighted by Crippen LogP contribution is -3.00. The van der Waals surface area contributed by atoms with Crippen molar-refractivity contribution in [1.82, 2.24) is 0 Å². The van der Waals surface area contributed by atoms with Crippen LogP contribution in [0.2, 0.25) is 0 Å². The predicted molar refractivity (Wildman–Crippen MR) is 106 cm³/mol. The number of halogens is 1. The largest absolute Gasteiger partial charge is 1.00 e. The Bertz CT molecular complexity index is 648. The summed E-state index contributed by atoms with van der Waals surface area (Å²) < 4.78 is 0. The normalized spacial score (nSPS) is 12.2. The monoisotopic (exact) mass is 414 g/mol. The molecule has 3 aromatic rings. The summed E-state index contributed by atoms with van der Waals surface area (Å²) in [5.74, 6) is 0. The second-order valence-corrected chi connectivity index (χ2v) is 9.79. The maximum Gasteiger partial charge on any atom is 0.112 e. The Hall–Kier alpha value is -1.47. The molecule has 0 amide bonds. The van der Waals surface area contributed by atoms with Crippen LogP contribution in [0, 0.1) is 0 Å². The van der Waals surface area contributed by atoms with Crippen LogP contribution >= 0.6 is 7.26 Å². The summed E-state index contributed by atoms with van der Waals surface area (Å²) in [6.45, 7) is 1.88. The van der Waals surface area contributed by atoms with Crippen LogP contribution in [0.3, 0.4) is 0 Å². The molecule has 130 valence electrons. The highest BCUT2D eigenvalue weighted by atomic mass is 79.9. The second kappa shape index (κ2) is 9.29. The topological polar surface area (TPSA) is 20.2 Å². The molecule has 25 heavy (non-hydrogen) atoms. The van der Waals surface area contributed by atoms with Gasteiger partial charge >= 0.3 is 0 Å². The van der Waals surface area contributed by atoms with Gasteiger partial charge in [0.15, 0.2) is 0 Å². The van der Waals surface area contributed by atoms with Gasteiger partial charge in [0.25, 0.3) is 0 Å². The third-order valence-corrected chi connectivity index (χ3v) is 8.94. The van der Waals surface area contributed by atoms with Crippen molar-refractivity contribution in [1.29, 1.82) is 0 Å². The number of benzene rings is 3. The molecule has 0 radical (unpaired) electrons.